The summed E-state index contributed by atoms with van der Waals surface area (Å²) in [5.74, 6) is -0.0115. The molecule has 1 fully saturated rings. The highest BCUT2D eigenvalue weighted by Crippen LogP contribution is 2.28. The first-order chi connectivity index (χ1) is 9.26. The third-order valence-corrected chi connectivity index (χ3v) is 4.04. The summed E-state index contributed by atoms with van der Waals surface area (Å²) >= 11 is 1.41. The second kappa shape index (κ2) is 6.68. The van der Waals surface area contributed by atoms with Crippen LogP contribution in [0.15, 0.2) is 12.1 Å². The van der Waals surface area contributed by atoms with Crippen molar-refractivity contribution < 1.29 is 14.3 Å². The van der Waals surface area contributed by atoms with E-state index in [0.29, 0.717) is 31.2 Å². The molecule has 1 unspecified atom stereocenters. The molecule has 5 nitrogen and oxygen atoms in total. The molecule has 0 aliphatic carbocycles. The van der Waals surface area contributed by atoms with E-state index in [2.05, 4.69) is 5.32 Å². The van der Waals surface area contributed by atoms with E-state index in [0.717, 1.165) is 17.7 Å². The van der Waals surface area contributed by atoms with Gasteiger partial charge in [-0.1, -0.05) is 6.92 Å². The van der Waals surface area contributed by atoms with Crippen LogP contribution in [0.4, 0.5) is 5.00 Å². The Morgan fingerprint density at radius 3 is 3.16 bits per heavy atom. The minimum absolute atomic E-state index is 0.0115. The number of nitrogens with zero attached hydrogens (tertiary/aromatic N) is 1. The number of carbonyl (C=O) groups is 2. The summed E-state index contributed by atoms with van der Waals surface area (Å²) in [6.45, 7) is 4.36. The van der Waals surface area contributed by atoms with E-state index in [-0.39, 0.29) is 11.9 Å². The Balaban J connectivity index is 2.10. The topological polar surface area (TPSA) is 58.6 Å². The summed E-state index contributed by atoms with van der Waals surface area (Å²) in [7, 11) is 0. The van der Waals surface area contributed by atoms with Gasteiger partial charge < -0.3 is 15.0 Å². The first-order valence-electron chi connectivity index (χ1n) is 6.43. The SMILES string of the molecule is CCCNC(=O)C1COCCN1c1ccc(C=O)s1. The second-order valence-electron chi connectivity index (χ2n) is 4.37. The first kappa shape index (κ1) is 14.0. The van der Waals surface area contributed by atoms with E-state index in [9.17, 15) is 9.59 Å². The Bertz CT molecular complexity index is 447. The van der Waals surface area contributed by atoms with Crippen LogP contribution in [-0.2, 0) is 9.53 Å². The number of ether oxygens (including phenoxy) is 1. The third-order valence-electron chi connectivity index (χ3n) is 2.99. The van der Waals surface area contributed by atoms with Gasteiger partial charge in [0.25, 0.3) is 0 Å². The van der Waals surface area contributed by atoms with Crippen molar-refractivity contribution in [3.05, 3.63) is 17.0 Å². The largest absolute Gasteiger partial charge is 0.377 e. The second-order valence-corrected chi connectivity index (χ2v) is 5.46. The molecule has 1 amide bonds. The molecule has 1 aliphatic rings. The number of aldehydes is 1. The van der Waals surface area contributed by atoms with Crippen molar-refractivity contribution >= 4 is 28.5 Å². The molecule has 1 N–H and O–H groups in total. The lowest BCUT2D eigenvalue weighted by atomic mass is 10.2. The number of amides is 1. The lowest BCUT2D eigenvalue weighted by Crippen LogP contribution is -2.53. The van der Waals surface area contributed by atoms with Crippen molar-refractivity contribution in [1.82, 2.24) is 5.32 Å². The molecule has 2 heterocycles. The molecular weight excluding hydrogens is 264 g/mol. The van der Waals surface area contributed by atoms with Gasteiger partial charge in [-0.15, -0.1) is 11.3 Å². The molecule has 0 bridgehead atoms. The molecule has 1 aromatic rings. The van der Waals surface area contributed by atoms with Crippen LogP contribution in [0.2, 0.25) is 0 Å². The molecule has 1 atom stereocenters. The van der Waals surface area contributed by atoms with Gasteiger partial charge in [0.1, 0.15) is 6.04 Å². The fourth-order valence-electron chi connectivity index (χ4n) is 2.01. The minimum atomic E-state index is -0.307. The monoisotopic (exact) mass is 282 g/mol. The molecule has 0 radical (unpaired) electrons. The van der Waals surface area contributed by atoms with Crippen molar-refractivity contribution in [2.24, 2.45) is 0 Å². The van der Waals surface area contributed by atoms with Crippen LogP contribution in [0.5, 0.6) is 0 Å². The molecule has 0 saturated carbocycles. The zero-order valence-electron chi connectivity index (χ0n) is 10.9. The molecule has 19 heavy (non-hydrogen) atoms. The number of carbonyl (C=O) groups excluding carboxylic acids is 2. The van der Waals surface area contributed by atoms with Crippen LogP contribution in [-0.4, -0.2) is 44.5 Å². The highest BCUT2D eigenvalue weighted by atomic mass is 32.1. The molecule has 104 valence electrons. The Morgan fingerprint density at radius 1 is 1.63 bits per heavy atom. The average Bonchev–Trinajstić information content (AvgIpc) is 2.93. The van der Waals surface area contributed by atoms with Gasteiger partial charge in [-0.05, 0) is 18.6 Å². The lowest BCUT2D eigenvalue weighted by molar-refractivity contribution is -0.124. The molecule has 2 rings (SSSR count). The van der Waals surface area contributed by atoms with Crippen molar-refractivity contribution in [1.29, 1.82) is 0 Å². The number of morpholine rings is 1. The van der Waals surface area contributed by atoms with Gasteiger partial charge in [0, 0.05) is 13.1 Å². The van der Waals surface area contributed by atoms with Gasteiger partial charge in [0.05, 0.1) is 23.1 Å². The van der Waals surface area contributed by atoms with Crippen LogP contribution in [0.1, 0.15) is 23.0 Å². The van der Waals surface area contributed by atoms with Gasteiger partial charge >= 0.3 is 0 Å². The van der Waals surface area contributed by atoms with Crippen LogP contribution >= 0.6 is 11.3 Å². The Morgan fingerprint density at radius 2 is 2.47 bits per heavy atom. The van der Waals surface area contributed by atoms with E-state index in [1.54, 1.807) is 6.07 Å². The van der Waals surface area contributed by atoms with Gasteiger partial charge in [0.2, 0.25) is 5.91 Å². The van der Waals surface area contributed by atoms with Crippen LogP contribution in [0.3, 0.4) is 0 Å². The van der Waals surface area contributed by atoms with Gasteiger partial charge in [0.15, 0.2) is 6.29 Å². The normalized spacial score (nSPS) is 19.2. The molecule has 1 saturated heterocycles. The predicted molar refractivity (Wildman–Crippen MR) is 75.0 cm³/mol. The standard InChI is InChI=1S/C13H18N2O3S/c1-2-5-14-13(17)11-9-18-7-6-15(11)12-4-3-10(8-16)19-12/h3-4,8,11H,2,5-7,9H2,1H3,(H,14,17). The Labute approximate surface area is 116 Å². The summed E-state index contributed by atoms with van der Waals surface area (Å²) < 4.78 is 5.40. The molecule has 1 aromatic heterocycles. The molecule has 0 aromatic carbocycles. The van der Waals surface area contributed by atoms with Gasteiger partial charge in [-0.3, -0.25) is 9.59 Å². The third kappa shape index (κ3) is 3.33. The van der Waals surface area contributed by atoms with E-state index < -0.39 is 0 Å². The van der Waals surface area contributed by atoms with Crippen molar-refractivity contribution in [2.45, 2.75) is 19.4 Å². The van der Waals surface area contributed by atoms with E-state index in [4.69, 9.17) is 4.74 Å². The lowest BCUT2D eigenvalue weighted by Gasteiger charge is -2.35. The quantitative estimate of drug-likeness (QED) is 0.827. The van der Waals surface area contributed by atoms with Gasteiger partial charge in [-0.2, -0.15) is 0 Å². The van der Waals surface area contributed by atoms with E-state index in [1.165, 1.54) is 11.3 Å². The maximum absolute atomic E-state index is 12.1. The number of thiophene rings is 1. The number of nitrogens with one attached hydrogen (secondary N) is 1. The summed E-state index contributed by atoms with van der Waals surface area (Å²) in [5, 5.41) is 3.84. The number of hydrogen-bond acceptors (Lipinski definition) is 5. The minimum Gasteiger partial charge on any atom is -0.377 e. The average molecular weight is 282 g/mol. The van der Waals surface area contributed by atoms with Crippen molar-refractivity contribution in [3.8, 4) is 0 Å². The van der Waals surface area contributed by atoms with Crippen molar-refractivity contribution in [3.63, 3.8) is 0 Å². The van der Waals surface area contributed by atoms with E-state index in [1.807, 2.05) is 17.9 Å². The number of anilines is 1. The van der Waals surface area contributed by atoms with Crippen LogP contribution in [0.25, 0.3) is 0 Å². The van der Waals surface area contributed by atoms with Crippen LogP contribution < -0.4 is 10.2 Å². The fourth-order valence-corrected chi connectivity index (χ4v) is 2.91. The van der Waals surface area contributed by atoms with Crippen molar-refractivity contribution in [2.75, 3.05) is 31.2 Å². The van der Waals surface area contributed by atoms with Crippen LogP contribution in [0, 0.1) is 0 Å². The maximum Gasteiger partial charge on any atom is 0.245 e. The molecule has 6 heteroatoms. The Kier molecular flexibility index (Phi) is 4.93. The first-order valence-corrected chi connectivity index (χ1v) is 7.25. The summed E-state index contributed by atoms with van der Waals surface area (Å²) in [5.41, 5.74) is 0. The predicted octanol–water partition coefficient (Wildman–Crippen LogP) is 1.29. The molecule has 1 aliphatic heterocycles. The smallest absolute Gasteiger partial charge is 0.245 e. The summed E-state index contributed by atoms with van der Waals surface area (Å²) in [6.07, 6.45) is 1.74. The number of rotatable bonds is 5. The highest BCUT2D eigenvalue weighted by Gasteiger charge is 2.30. The molecule has 0 spiro atoms. The fraction of sp³-hybridized carbons (Fsp3) is 0.538. The Hall–Kier alpha value is -1.40. The maximum atomic E-state index is 12.1. The van der Waals surface area contributed by atoms with Gasteiger partial charge in [-0.25, -0.2) is 0 Å². The zero-order chi connectivity index (χ0) is 13.7. The zero-order valence-corrected chi connectivity index (χ0v) is 11.7. The number of hydrogen-bond donors (Lipinski definition) is 1. The summed E-state index contributed by atoms with van der Waals surface area (Å²) in [6, 6.07) is 3.36. The molecular formula is C13H18N2O3S. The van der Waals surface area contributed by atoms with E-state index >= 15 is 0 Å². The highest BCUT2D eigenvalue weighted by molar-refractivity contribution is 7.17. The summed E-state index contributed by atoms with van der Waals surface area (Å²) in [4.78, 5) is 25.6.